The molecule has 35 heavy (non-hydrogen) atoms. The summed E-state index contributed by atoms with van der Waals surface area (Å²) in [7, 11) is 0. The summed E-state index contributed by atoms with van der Waals surface area (Å²) >= 11 is -1.94. The first kappa shape index (κ1) is 28.4. The van der Waals surface area contributed by atoms with E-state index in [0.29, 0.717) is 9.54 Å². The Bertz CT molecular complexity index is 1440. The number of hydrogen-bond donors (Lipinski definition) is 0. The summed E-state index contributed by atoms with van der Waals surface area (Å²) in [6.45, 7) is 17.3. The zero-order chi connectivity index (χ0) is 23.4. The molecule has 0 spiro atoms. The third-order valence-electron chi connectivity index (χ3n) is 8.10. The molecule has 0 N–H and O–H groups in total. The smallest absolute Gasteiger partial charge is 1.00 e. The van der Waals surface area contributed by atoms with Gasteiger partial charge in [-0.2, -0.15) is 0 Å². The molecule has 3 aromatic rings. The fourth-order valence-electron chi connectivity index (χ4n) is 6.06. The first-order valence-corrected chi connectivity index (χ1v) is 21.0. The minimum atomic E-state index is -1.94. The number of benzene rings is 3. The Kier molecular flexibility index (Phi) is 8.97. The van der Waals surface area contributed by atoms with E-state index in [1.54, 1.807) is 27.9 Å². The quantitative estimate of drug-likeness (QED) is 0.408. The maximum absolute atomic E-state index is 2.61. The predicted molar refractivity (Wildman–Crippen MR) is 143 cm³/mol. The molecule has 0 aromatic heterocycles. The van der Waals surface area contributed by atoms with Crippen LogP contribution in [0, 0.1) is 5.92 Å². The number of allylic oxidation sites excluding steroid dienone is 5. The maximum Gasteiger partial charge on any atom is -1.00 e. The molecular formula is C31H34Cl2SiZr. The molecule has 2 aliphatic rings. The van der Waals surface area contributed by atoms with E-state index < -0.39 is 20.4 Å². The molecule has 180 valence electrons. The van der Waals surface area contributed by atoms with Crippen LogP contribution in [0.5, 0.6) is 0 Å². The molecule has 0 nitrogen and oxygen atoms in total. The average molecular weight is 597 g/mol. The van der Waals surface area contributed by atoms with E-state index in [1.165, 1.54) is 27.5 Å². The molecule has 0 amide bonds. The van der Waals surface area contributed by atoms with E-state index in [4.69, 9.17) is 0 Å². The van der Waals surface area contributed by atoms with Gasteiger partial charge in [-0.15, -0.1) is 0 Å². The summed E-state index contributed by atoms with van der Waals surface area (Å²) < 4.78 is 2.60. The number of rotatable bonds is 3. The van der Waals surface area contributed by atoms with Crippen molar-refractivity contribution in [2.45, 2.75) is 51.3 Å². The van der Waals surface area contributed by atoms with Crippen LogP contribution in [-0.2, 0) is 20.4 Å². The normalized spacial score (nSPS) is 18.5. The molecule has 2 aliphatic carbocycles. The Morgan fingerprint density at radius 3 is 2.09 bits per heavy atom. The Hall–Kier alpha value is -1.18. The largest absolute Gasteiger partial charge is 1.00 e. The summed E-state index contributed by atoms with van der Waals surface area (Å²) in [5.41, 5.74) is 12.0. The number of hydrogen-bond acceptors (Lipinski definition) is 0. The second-order valence-corrected chi connectivity index (χ2v) is 27.5. The van der Waals surface area contributed by atoms with Crippen LogP contribution in [-0.4, -0.2) is 5.43 Å². The van der Waals surface area contributed by atoms with Crippen molar-refractivity contribution in [3.05, 3.63) is 97.4 Å². The van der Waals surface area contributed by atoms with Crippen LogP contribution < -0.4 is 24.8 Å². The molecule has 0 fully saturated rings. The van der Waals surface area contributed by atoms with Gasteiger partial charge in [-0.05, 0) is 0 Å². The Balaban J connectivity index is 0.00000171. The van der Waals surface area contributed by atoms with Crippen molar-refractivity contribution < 1.29 is 45.2 Å². The Morgan fingerprint density at radius 2 is 1.46 bits per heavy atom. The number of fused-ring (bicyclic) bond motifs is 2. The van der Waals surface area contributed by atoms with Crippen molar-refractivity contribution in [3.8, 4) is 11.1 Å². The van der Waals surface area contributed by atoms with E-state index in [0.717, 1.165) is 0 Å². The van der Waals surface area contributed by atoms with Gasteiger partial charge < -0.3 is 24.8 Å². The van der Waals surface area contributed by atoms with E-state index in [-0.39, 0.29) is 30.2 Å². The van der Waals surface area contributed by atoms with Crippen LogP contribution in [0.1, 0.15) is 49.4 Å². The van der Waals surface area contributed by atoms with Gasteiger partial charge in [-0.25, -0.2) is 0 Å². The molecule has 2 unspecified atom stereocenters. The van der Waals surface area contributed by atoms with Crippen LogP contribution >= 0.6 is 0 Å². The summed E-state index contributed by atoms with van der Waals surface area (Å²) in [5, 5.41) is 2.64. The predicted octanol–water partition coefficient (Wildman–Crippen LogP) is 3.10. The minimum absolute atomic E-state index is 0. The summed E-state index contributed by atoms with van der Waals surface area (Å²) in [6.07, 6.45) is 2.54. The topological polar surface area (TPSA) is 0 Å². The van der Waals surface area contributed by atoms with Crippen LogP contribution in [0.4, 0.5) is 0 Å². The van der Waals surface area contributed by atoms with E-state index in [1.807, 2.05) is 3.28 Å². The molecule has 0 heterocycles. The SMILES string of the molecule is CC1=Cc2c(-c3ccc4ccccc4c3)cccc2[CH]1[Zr+2]([C]1=C(C)C(C)=C(C)C1C)=[Si](C)C.[Cl-].[Cl-]. The van der Waals surface area contributed by atoms with Gasteiger partial charge in [-0.1, -0.05) is 0 Å². The summed E-state index contributed by atoms with van der Waals surface area (Å²) in [4.78, 5) is 0. The van der Waals surface area contributed by atoms with E-state index in [9.17, 15) is 0 Å². The summed E-state index contributed by atoms with van der Waals surface area (Å²) in [6, 6.07) is 22.8. The van der Waals surface area contributed by atoms with Crippen molar-refractivity contribution in [1.82, 2.24) is 0 Å². The molecule has 0 saturated heterocycles. The van der Waals surface area contributed by atoms with Gasteiger partial charge in [0.05, 0.1) is 0 Å². The average Bonchev–Trinajstić information content (AvgIpc) is 3.23. The van der Waals surface area contributed by atoms with E-state index >= 15 is 0 Å². The van der Waals surface area contributed by atoms with Gasteiger partial charge in [-0.3, -0.25) is 0 Å². The maximum atomic E-state index is 2.61. The molecule has 0 aliphatic heterocycles. The molecule has 3 aromatic carbocycles. The van der Waals surface area contributed by atoms with Crippen molar-refractivity contribution in [2.75, 3.05) is 0 Å². The van der Waals surface area contributed by atoms with Crippen molar-refractivity contribution >= 4 is 22.3 Å². The molecule has 2 atom stereocenters. The monoisotopic (exact) mass is 594 g/mol. The zero-order valence-electron chi connectivity index (χ0n) is 21.8. The van der Waals surface area contributed by atoms with Crippen LogP contribution in [0.15, 0.2) is 86.2 Å². The van der Waals surface area contributed by atoms with Crippen LogP contribution in [0.25, 0.3) is 28.0 Å². The van der Waals surface area contributed by atoms with Gasteiger partial charge in [0.2, 0.25) is 0 Å². The second kappa shape index (κ2) is 11.1. The number of halogens is 2. The molecule has 0 bridgehead atoms. The standard InChI is InChI=1S/C20H15.C9H13.C2H6Si.2ClH.Zr/c1-14-11-17-7-4-8-19(20(17)12-14)18-10-9-15-5-2-3-6-16(15)13-18;1-6-5-7(2)9(4)8(6)3;1-3-2;;;/h2-13H,1H3;6H,1-4H3;1-2H3;2*1H;/q;;;;;+2/p-2. The molecule has 5 rings (SSSR count). The first-order valence-electron chi connectivity index (χ1n) is 12.2. The van der Waals surface area contributed by atoms with Gasteiger partial charge in [0.1, 0.15) is 0 Å². The van der Waals surface area contributed by atoms with E-state index in [2.05, 4.69) is 114 Å². The van der Waals surface area contributed by atoms with Gasteiger partial charge in [0.25, 0.3) is 0 Å². The van der Waals surface area contributed by atoms with Gasteiger partial charge >= 0.3 is 208 Å². The second-order valence-electron chi connectivity index (χ2n) is 10.2. The molecule has 4 heteroatoms. The van der Waals surface area contributed by atoms with Crippen LogP contribution in [0.3, 0.4) is 0 Å². The molecule has 0 saturated carbocycles. The third kappa shape index (κ3) is 4.77. The fraction of sp³-hybridized carbons (Fsp3) is 0.290. The first-order chi connectivity index (χ1) is 15.8. The molecular weight excluding hydrogens is 563 g/mol. The van der Waals surface area contributed by atoms with Crippen LogP contribution in [0.2, 0.25) is 13.1 Å². The molecule has 0 radical (unpaired) electrons. The van der Waals surface area contributed by atoms with Gasteiger partial charge in [0.15, 0.2) is 0 Å². The van der Waals surface area contributed by atoms with Crippen molar-refractivity contribution in [3.63, 3.8) is 0 Å². The van der Waals surface area contributed by atoms with Crippen molar-refractivity contribution in [1.29, 1.82) is 0 Å². The third-order valence-corrected chi connectivity index (χ3v) is 27.1. The van der Waals surface area contributed by atoms with Crippen molar-refractivity contribution in [2.24, 2.45) is 5.92 Å². The zero-order valence-corrected chi connectivity index (χ0v) is 26.7. The summed E-state index contributed by atoms with van der Waals surface area (Å²) in [5.74, 6) is 0.653. The fourth-order valence-corrected chi connectivity index (χ4v) is 26.7. The Labute approximate surface area is 231 Å². The Morgan fingerprint density at radius 1 is 0.771 bits per heavy atom. The minimum Gasteiger partial charge on any atom is -1.00 e. The van der Waals surface area contributed by atoms with Gasteiger partial charge in [0, 0.05) is 0 Å².